The maximum Gasteiger partial charge on any atom is 0.273 e. The number of aromatic nitrogens is 1. The fourth-order valence-corrected chi connectivity index (χ4v) is 1.90. The molecule has 0 fully saturated rings. The summed E-state index contributed by atoms with van der Waals surface area (Å²) in [7, 11) is 2.08. The van der Waals surface area contributed by atoms with Crippen LogP contribution in [0.4, 0.5) is 0 Å². The van der Waals surface area contributed by atoms with E-state index in [0.717, 1.165) is 25.3 Å². The first-order chi connectivity index (χ1) is 8.88. The number of hydrogen-bond donors (Lipinski definition) is 1. The third-order valence-electron chi connectivity index (χ3n) is 3.11. The Kier molecular flexibility index (Phi) is 5.54. The molecule has 19 heavy (non-hydrogen) atoms. The molecular weight excluding hydrogens is 242 g/mol. The van der Waals surface area contributed by atoms with Crippen LogP contribution in [0.1, 0.15) is 43.9 Å². The van der Waals surface area contributed by atoms with Crippen LogP contribution in [-0.4, -0.2) is 42.6 Å². The predicted octanol–water partition coefficient (Wildman–Crippen LogP) is 1.94. The predicted molar refractivity (Wildman–Crippen MR) is 75.2 cm³/mol. The third-order valence-corrected chi connectivity index (χ3v) is 3.11. The van der Waals surface area contributed by atoms with Crippen molar-refractivity contribution in [2.45, 2.75) is 34.1 Å². The van der Waals surface area contributed by atoms with Gasteiger partial charge in [0.2, 0.25) is 0 Å². The van der Waals surface area contributed by atoms with Gasteiger partial charge in [0.1, 0.15) is 5.76 Å². The summed E-state index contributed by atoms with van der Waals surface area (Å²) in [5.74, 6) is 0.561. The molecule has 1 N–H and O–H groups in total. The van der Waals surface area contributed by atoms with Crippen LogP contribution in [0.5, 0.6) is 0 Å². The topological polar surface area (TPSA) is 58.4 Å². The van der Waals surface area contributed by atoms with Gasteiger partial charge in [-0.15, -0.1) is 0 Å². The number of nitrogens with one attached hydrogen (secondary N) is 1. The molecular formula is C14H25N3O2. The molecule has 1 rings (SSSR count). The highest BCUT2D eigenvalue weighted by atomic mass is 16.5. The van der Waals surface area contributed by atoms with Crippen molar-refractivity contribution in [2.24, 2.45) is 5.41 Å². The molecule has 0 unspecified atom stereocenters. The van der Waals surface area contributed by atoms with Gasteiger partial charge in [0.15, 0.2) is 5.69 Å². The SMILES string of the molecule is CCc1cc(C(=O)NCC(C)(C)CN(C)CC)no1. The van der Waals surface area contributed by atoms with Gasteiger partial charge in [-0.3, -0.25) is 4.79 Å². The van der Waals surface area contributed by atoms with Gasteiger partial charge in [0, 0.05) is 25.6 Å². The molecule has 0 aromatic carbocycles. The molecule has 0 aliphatic carbocycles. The Morgan fingerprint density at radius 2 is 2.16 bits per heavy atom. The quantitative estimate of drug-likeness (QED) is 0.820. The zero-order valence-corrected chi connectivity index (χ0v) is 12.6. The first-order valence-corrected chi connectivity index (χ1v) is 6.80. The second-order valence-corrected chi connectivity index (χ2v) is 5.71. The Labute approximate surface area is 115 Å². The van der Waals surface area contributed by atoms with E-state index in [2.05, 4.69) is 43.2 Å². The molecule has 0 spiro atoms. The number of carbonyl (C=O) groups excluding carboxylic acids is 1. The maximum atomic E-state index is 11.9. The Balaban J connectivity index is 2.49. The van der Waals surface area contributed by atoms with Crippen LogP contribution in [0.25, 0.3) is 0 Å². The van der Waals surface area contributed by atoms with E-state index in [-0.39, 0.29) is 11.3 Å². The van der Waals surface area contributed by atoms with Crippen molar-refractivity contribution in [3.8, 4) is 0 Å². The van der Waals surface area contributed by atoms with Gasteiger partial charge in [0.05, 0.1) is 0 Å². The Hall–Kier alpha value is -1.36. The summed E-state index contributed by atoms with van der Waals surface area (Å²) in [5, 5.41) is 6.69. The van der Waals surface area contributed by atoms with Crippen LogP contribution in [0.2, 0.25) is 0 Å². The molecule has 108 valence electrons. The van der Waals surface area contributed by atoms with Crippen LogP contribution in [0.3, 0.4) is 0 Å². The minimum absolute atomic E-state index is 0.0255. The molecule has 0 bridgehead atoms. The minimum atomic E-state index is -0.171. The molecule has 1 aromatic rings. The van der Waals surface area contributed by atoms with Gasteiger partial charge in [-0.05, 0) is 19.0 Å². The number of amides is 1. The molecule has 1 amide bonds. The molecule has 5 nitrogen and oxygen atoms in total. The lowest BCUT2D eigenvalue weighted by molar-refractivity contribution is 0.0918. The summed E-state index contributed by atoms with van der Waals surface area (Å²) in [4.78, 5) is 14.2. The second-order valence-electron chi connectivity index (χ2n) is 5.71. The molecule has 0 atom stereocenters. The van der Waals surface area contributed by atoms with Gasteiger partial charge in [0.25, 0.3) is 5.91 Å². The van der Waals surface area contributed by atoms with Crippen LogP contribution in [-0.2, 0) is 6.42 Å². The molecule has 0 aliphatic rings. The average Bonchev–Trinajstić information content (AvgIpc) is 2.84. The van der Waals surface area contributed by atoms with E-state index < -0.39 is 0 Å². The van der Waals surface area contributed by atoms with E-state index >= 15 is 0 Å². The van der Waals surface area contributed by atoms with Crippen molar-refractivity contribution in [3.05, 3.63) is 17.5 Å². The largest absolute Gasteiger partial charge is 0.361 e. The van der Waals surface area contributed by atoms with Gasteiger partial charge >= 0.3 is 0 Å². The summed E-state index contributed by atoms with van der Waals surface area (Å²) in [6.45, 7) is 10.9. The summed E-state index contributed by atoms with van der Waals surface area (Å²) >= 11 is 0. The lowest BCUT2D eigenvalue weighted by Gasteiger charge is -2.29. The van der Waals surface area contributed by atoms with Gasteiger partial charge in [-0.1, -0.05) is 32.9 Å². The third kappa shape index (κ3) is 5.03. The number of nitrogens with zero attached hydrogens (tertiary/aromatic N) is 2. The van der Waals surface area contributed by atoms with E-state index in [1.165, 1.54) is 0 Å². The van der Waals surface area contributed by atoms with Crippen molar-refractivity contribution < 1.29 is 9.32 Å². The molecule has 0 saturated carbocycles. The monoisotopic (exact) mass is 267 g/mol. The molecule has 1 heterocycles. The van der Waals surface area contributed by atoms with Crippen molar-refractivity contribution in [1.29, 1.82) is 0 Å². The van der Waals surface area contributed by atoms with E-state index in [1.54, 1.807) is 6.07 Å². The van der Waals surface area contributed by atoms with E-state index in [9.17, 15) is 4.79 Å². The lowest BCUT2D eigenvalue weighted by Crippen LogP contribution is -2.41. The van der Waals surface area contributed by atoms with E-state index in [1.807, 2.05) is 6.92 Å². The zero-order chi connectivity index (χ0) is 14.5. The fraction of sp³-hybridized carbons (Fsp3) is 0.714. The summed E-state index contributed by atoms with van der Waals surface area (Å²) in [6, 6.07) is 1.69. The first-order valence-electron chi connectivity index (χ1n) is 6.80. The average molecular weight is 267 g/mol. The van der Waals surface area contributed by atoms with Crippen molar-refractivity contribution in [3.63, 3.8) is 0 Å². The Bertz CT molecular complexity index is 413. The highest BCUT2D eigenvalue weighted by molar-refractivity contribution is 5.92. The second kappa shape index (κ2) is 6.70. The highest BCUT2D eigenvalue weighted by Gasteiger charge is 2.21. The molecule has 0 saturated heterocycles. The number of carbonyl (C=O) groups is 1. The standard InChI is InChI=1S/C14H25N3O2/c1-6-11-8-12(16-19-11)13(18)15-9-14(3,4)10-17(5)7-2/h8H,6-7,9-10H2,1-5H3,(H,15,18). The van der Waals surface area contributed by atoms with E-state index in [0.29, 0.717) is 12.2 Å². The summed E-state index contributed by atoms with van der Waals surface area (Å²) < 4.78 is 5.03. The Morgan fingerprint density at radius 3 is 2.68 bits per heavy atom. The smallest absolute Gasteiger partial charge is 0.273 e. The summed E-state index contributed by atoms with van der Waals surface area (Å²) in [6.07, 6.45) is 0.743. The van der Waals surface area contributed by atoms with Crippen molar-refractivity contribution >= 4 is 5.91 Å². The van der Waals surface area contributed by atoms with Crippen LogP contribution in [0, 0.1) is 5.41 Å². The van der Waals surface area contributed by atoms with Crippen LogP contribution >= 0.6 is 0 Å². The van der Waals surface area contributed by atoms with Crippen molar-refractivity contribution in [1.82, 2.24) is 15.4 Å². The number of hydrogen-bond acceptors (Lipinski definition) is 4. The maximum absolute atomic E-state index is 11.9. The highest BCUT2D eigenvalue weighted by Crippen LogP contribution is 2.15. The van der Waals surface area contributed by atoms with Gasteiger partial charge in [-0.2, -0.15) is 0 Å². The van der Waals surface area contributed by atoms with Crippen molar-refractivity contribution in [2.75, 3.05) is 26.7 Å². The normalized spacial score (nSPS) is 11.9. The molecule has 0 aliphatic heterocycles. The minimum Gasteiger partial charge on any atom is -0.361 e. The van der Waals surface area contributed by atoms with Gasteiger partial charge < -0.3 is 14.7 Å². The first kappa shape index (κ1) is 15.7. The molecule has 5 heteroatoms. The number of aryl methyl sites for hydroxylation is 1. The fourth-order valence-electron chi connectivity index (χ4n) is 1.90. The molecule has 0 radical (unpaired) electrons. The van der Waals surface area contributed by atoms with Crippen LogP contribution < -0.4 is 5.32 Å². The summed E-state index contributed by atoms with van der Waals surface area (Å²) in [5.41, 5.74) is 0.383. The zero-order valence-electron chi connectivity index (χ0n) is 12.6. The van der Waals surface area contributed by atoms with E-state index in [4.69, 9.17) is 4.52 Å². The molecule has 1 aromatic heterocycles. The van der Waals surface area contributed by atoms with Gasteiger partial charge in [-0.25, -0.2) is 0 Å². The van der Waals surface area contributed by atoms with Crippen LogP contribution in [0.15, 0.2) is 10.6 Å². The lowest BCUT2D eigenvalue weighted by atomic mass is 9.92. The Morgan fingerprint density at radius 1 is 1.47 bits per heavy atom. The number of rotatable bonds is 7.